The van der Waals surface area contributed by atoms with Gasteiger partial charge in [0.2, 0.25) is 6.29 Å². The lowest BCUT2D eigenvalue weighted by atomic mass is 9.52. The summed E-state index contributed by atoms with van der Waals surface area (Å²) in [6.45, 7) is 4.10. The molecular formula is C25H28N2O7. The average molecular weight is 469 g/mol. The molecule has 0 saturated carbocycles. The largest absolute Gasteiger partial charge is 0.466 e. The van der Waals surface area contributed by atoms with Gasteiger partial charge in [-0.05, 0) is 24.5 Å². The third-order valence-corrected chi connectivity index (χ3v) is 8.32. The molecule has 4 aliphatic heterocycles. The van der Waals surface area contributed by atoms with E-state index < -0.39 is 35.2 Å². The number of anilines is 1. The summed E-state index contributed by atoms with van der Waals surface area (Å²) in [5.41, 5.74) is 1.89. The number of hydrogen-bond acceptors (Lipinski definition) is 9. The van der Waals surface area contributed by atoms with Gasteiger partial charge >= 0.3 is 17.9 Å². The predicted molar refractivity (Wildman–Crippen MR) is 118 cm³/mol. The van der Waals surface area contributed by atoms with E-state index in [-0.39, 0.29) is 18.1 Å². The monoisotopic (exact) mass is 468 g/mol. The molecular weight excluding hydrogens is 440 g/mol. The highest BCUT2D eigenvalue weighted by atomic mass is 16.7. The minimum Gasteiger partial charge on any atom is -0.466 e. The molecule has 9 heteroatoms. The average Bonchev–Trinajstić information content (AvgIpc) is 3.42. The van der Waals surface area contributed by atoms with Crippen LogP contribution in [0.3, 0.4) is 0 Å². The van der Waals surface area contributed by atoms with E-state index in [4.69, 9.17) is 18.9 Å². The molecule has 4 heterocycles. The van der Waals surface area contributed by atoms with Crippen LogP contribution < -0.4 is 5.32 Å². The van der Waals surface area contributed by atoms with Crippen LogP contribution >= 0.6 is 0 Å². The van der Waals surface area contributed by atoms with E-state index in [1.807, 2.05) is 24.3 Å². The lowest BCUT2D eigenvalue weighted by molar-refractivity contribution is -0.175. The molecule has 1 N–H and O–H groups in total. The maximum atomic E-state index is 13.2. The molecule has 34 heavy (non-hydrogen) atoms. The van der Waals surface area contributed by atoms with Crippen molar-refractivity contribution < 1.29 is 33.3 Å². The zero-order chi connectivity index (χ0) is 23.8. The molecule has 6 rings (SSSR count). The van der Waals surface area contributed by atoms with Gasteiger partial charge in [0.15, 0.2) is 0 Å². The highest BCUT2D eigenvalue weighted by Gasteiger charge is 2.75. The van der Waals surface area contributed by atoms with Gasteiger partial charge in [-0.25, -0.2) is 4.79 Å². The molecule has 3 saturated heterocycles. The van der Waals surface area contributed by atoms with Gasteiger partial charge in [0.25, 0.3) is 0 Å². The SMILES string of the molecule is COC(=O)C1=C2Nc3ccccc3C23C(OC(C)=O)CN2CCC4OC(OC(C)=O)CC4(C1)C23. The van der Waals surface area contributed by atoms with Gasteiger partial charge in [0.1, 0.15) is 6.10 Å². The van der Waals surface area contributed by atoms with Crippen LogP contribution in [-0.2, 0) is 38.7 Å². The molecule has 180 valence electrons. The first kappa shape index (κ1) is 21.6. The molecule has 0 aromatic heterocycles. The Balaban J connectivity index is 1.61. The number of rotatable bonds is 3. The molecule has 1 aromatic rings. The zero-order valence-corrected chi connectivity index (χ0v) is 19.5. The van der Waals surface area contributed by atoms with Crippen molar-refractivity contribution in [3.8, 4) is 0 Å². The predicted octanol–water partition coefficient (Wildman–Crippen LogP) is 1.86. The number of hydrogen-bond donors (Lipinski definition) is 1. The molecule has 5 aliphatic rings. The maximum absolute atomic E-state index is 13.2. The number of nitrogens with one attached hydrogen (secondary N) is 1. The van der Waals surface area contributed by atoms with Crippen molar-refractivity contribution in [1.29, 1.82) is 0 Å². The fraction of sp³-hybridized carbons (Fsp3) is 0.560. The van der Waals surface area contributed by atoms with Crippen molar-refractivity contribution in [3.63, 3.8) is 0 Å². The molecule has 1 aromatic carbocycles. The van der Waals surface area contributed by atoms with Gasteiger partial charge in [0.05, 0.1) is 24.2 Å². The standard InChI is InChI=1S/C25H28N2O7/c1-13(28)32-19-12-27-9-8-18-24(11-20(34-18)33-14(2)29)10-15(22(30)31-3)21-25(19,23(24)27)16-6-4-5-7-17(16)26-21/h4-7,18-20,23,26H,8-12H2,1-3H3. The van der Waals surface area contributed by atoms with E-state index in [9.17, 15) is 14.4 Å². The van der Waals surface area contributed by atoms with E-state index in [2.05, 4.69) is 10.2 Å². The van der Waals surface area contributed by atoms with Crippen molar-refractivity contribution in [2.24, 2.45) is 5.41 Å². The third kappa shape index (κ3) is 2.65. The highest BCUT2D eigenvalue weighted by molar-refractivity contribution is 5.93. The number of benzene rings is 1. The molecule has 0 amide bonds. The fourth-order valence-electron chi connectivity index (χ4n) is 7.55. The summed E-state index contributed by atoms with van der Waals surface area (Å²) >= 11 is 0. The third-order valence-electron chi connectivity index (χ3n) is 8.32. The molecule has 9 nitrogen and oxygen atoms in total. The van der Waals surface area contributed by atoms with Crippen molar-refractivity contribution in [2.45, 2.75) is 63.1 Å². The fourth-order valence-corrected chi connectivity index (χ4v) is 7.55. The molecule has 3 fully saturated rings. The number of piperidine rings is 1. The number of carbonyl (C=O) groups is 3. The van der Waals surface area contributed by atoms with Gasteiger partial charge in [-0.15, -0.1) is 0 Å². The molecule has 6 atom stereocenters. The second-order valence-electron chi connectivity index (χ2n) is 9.95. The van der Waals surface area contributed by atoms with Gasteiger partial charge < -0.3 is 24.3 Å². The van der Waals surface area contributed by atoms with E-state index in [1.165, 1.54) is 21.0 Å². The summed E-state index contributed by atoms with van der Waals surface area (Å²) in [5, 5.41) is 3.51. The number of nitrogens with zero attached hydrogens (tertiary/aromatic N) is 1. The van der Waals surface area contributed by atoms with E-state index >= 15 is 0 Å². The summed E-state index contributed by atoms with van der Waals surface area (Å²) in [7, 11) is 1.38. The molecule has 6 unspecified atom stereocenters. The molecule has 0 bridgehead atoms. The van der Waals surface area contributed by atoms with Crippen LogP contribution in [0.4, 0.5) is 5.69 Å². The Labute approximate surface area is 197 Å². The van der Waals surface area contributed by atoms with Crippen LogP contribution in [0.25, 0.3) is 0 Å². The second kappa shape index (κ2) is 7.29. The van der Waals surface area contributed by atoms with Crippen LogP contribution in [0, 0.1) is 5.41 Å². The molecule has 1 aliphatic carbocycles. The Hall–Kier alpha value is -2.91. The number of fused-ring (bicyclic) bond motifs is 1. The molecule has 0 radical (unpaired) electrons. The number of esters is 3. The van der Waals surface area contributed by atoms with Crippen LogP contribution in [-0.4, -0.2) is 67.5 Å². The second-order valence-corrected chi connectivity index (χ2v) is 9.95. The Morgan fingerprint density at radius 2 is 1.91 bits per heavy atom. The Morgan fingerprint density at radius 1 is 1.15 bits per heavy atom. The number of carbonyl (C=O) groups excluding carboxylic acids is 3. The summed E-state index contributed by atoms with van der Waals surface area (Å²) < 4.78 is 23.1. The quantitative estimate of drug-likeness (QED) is 0.526. The first-order chi connectivity index (χ1) is 16.3. The number of para-hydroxylation sites is 1. The van der Waals surface area contributed by atoms with Gasteiger partial charge in [-0.3, -0.25) is 14.5 Å². The van der Waals surface area contributed by atoms with Gasteiger partial charge in [-0.1, -0.05) is 18.2 Å². The topological polar surface area (TPSA) is 103 Å². The minimum absolute atomic E-state index is 0.108. The Bertz CT molecular complexity index is 1130. The number of methoxy groups -OCH3 is 1. The summed E-state index contributed by atoms with van der Waals surface area (Å²) in [5.74, 6) is -1.18. The van der Waals surface area contributed by atoms with E-state index in [0.29, 0.717) is 25.0 Å². The van der Waals surface area contributed by atoms with E-state index in [0.717, 1.165) is 29.9 Å². The van der Waals surface area contributed by atoms with Crippen molar-refractivity contribution in [3.05, 3.63) is 41.1 Å². The summed E-state index contributed by atoms with van der Waals surface area (Å²) in [6, 6.07) is 7.84. The smallest absolute Gasteiger partial charge is 0.335 e. The van der Waals surface area contributed by atoms with Crippen molar-refractivity contribution in [2.75, 3.05) is 25.5 Å². The summed E-state index contributed by atoms with van der Waals surface area (Å²) in [6.07, 6.45) is 0.231. The maximum Gasteiger partial charge on any atom is 0.335 e. The minimum atomic E-state index is -0.781. The van der Waals surface area contributed by atoms with Gasteiger partial charge in [-0.2, -0.15) is 0 Å². The number of ether oxygens (including phenoxy) is 4. The highest BCUT2D eigenvalue weighted by Crippen LogP contribution is 2.68. The van der Waals surface area contributed by atoms with Crippen molar-refractivity contribution >= 4 is 23.6 Å². The first-order valence-corrected chi connectivity index (χ1v) is 11.7. The summed E-state index contributed by atoms with van der Waals surface area (Å²) in [4.78, 5) is 39.7. The lowest BCUT2D eigenvalue weighted by Gasteiger charge is -2.56. The van der Waals surface area contributed by atoms with E-state index in [1.54, 1.807) is 0 Å². The van der Waals surface area contributed by atoms with Crippen LogP contribution in [0.1, 0.15) is 38.7 Å². The van der Waals surface area contributed by atoms with Crippen LogP contribution in [0.5, 0.6) is 0 Å². The van der Waals surface area contributed by atoms with Crippen LogP contribution in [0.15, 0.2) is 35.5 Å². The Kier molecular flexibility index (Phi) is 4.64. The normalized spacial score (nSPS) is 37.1. The van der Waals surface area contributed by atoms with Crippen molar-refractivity contribution in [1.82, 2.24) is 4.90 Å². The lowest BCUT2D eigenvalue weighted by Crippen LogP contribution is -2.65. The first-order valence-electron chi connectivity index (χ1n) is 11.7. The van der Waals surface area contributed by atoms with Gasteiger partial charge in [0, 0.05) is 56.2 Å². The zero-order valence-electron chi connectivity index (χ0n) is 19.5. The Morgan fingerprint density at radius 3 is 2.65 bits per heavy atom. The molecule has 2 spiro atoms. The van der Waals surface area contributed by atoms with Crippen LogP contribution in [0.2, 0.25) is 0 Å².